The highest BCUT2D eigenvalue weighted by Gasteiger charge is 2.12. The number of carbonyl (C=O) groups excluding carboxylic acids is 1. The number of nitrogens with one attached hydrogen (secondary N) is 1. The molecule has 0 radical (unpaired) electrons. The molecule has 1 aromatic carbocycles. The number of nitrogens with zero attached hydrogens (tertiary/aromatic N) is 2. The van der Waals surface area contributed by atoms with Gasteiger partial charge in [0, 0.05) is 24.9 Å². The highest BCUT2D eigenvalue weighted by atomic mass is 35.5. The van der Waals surface area contributed by atoms with Gasteiger partial charge in [-0.25, -0.2) is 4.98 Å². The van der Waals surface area contributed by atoms with E-state index in [4.69, 9.17) is 23.2 Å². The van der Waals surface area contributed by atoms with Crippen LogP contribution in [-0.4, -0.2) is 15.8 Å². The Bertz CT molecular complexity index is 690. The van der Waals surface area contributed by atoms with E-state index in [1.54, 1.807) is 12.1 Å². The number of carbonyl (C=O) groups is 1. The molecule has 0 saturated carbocycles. The predicted molar refractivity (Wildman–Crippen MR) is 78.5 cm³/mol. The zero-order valence-corrected chi connectivity index (χ0v) is 12.1. The summed E-state index contributed by atoms with van der Waals surface area (Å²) in [7, 11) is 0. The molecule has 8 heteroatoms. The molecule has 2 rings (SSSR count). The van der Waals surface area contributed by atoms with E-state index in [0.29, 0.717) is 0 Å². The minimum Gasteiger partial charge on any atom is -0.348 e. The molecule has 21 heavy (non-hydrogen) atoms. The first-order chi connectivity index (χ1) is 9.97. The van der Waals surface area contributed by atoms with Gasteiger partial charge in [-0.1, -0.05) is 35.3 Å². The van der Waals surface area contributed by atoms with Crippen LogP contribution >= 0.6 is 23.2 Å². The Labute approximate surface area is 129 Å². The Morgan fingerprint density at radius 2 is 1.95 bits per heavy atom. The first-order valence-corrected chi connectivity index (χ1v) is 6.55. The maximum Gasteiger partial charge on any atom is 0.269 e. The Kier molecular flexibility index (Phi) is 4.72. The van der Waals surface area contributed by atoms with Gasteiger partial charge in [0.25, 0.3) is 11.6 Å². The molecule has 1 aromatic heterocycles. The standard InChI is InChI=1S/C13H9Cl2N3O3/c14-11-7-16-12(15)5-10(11)13(19)17-6-8-1-3-9(4-2-8)18(20)21/h1-5,7H,6H2,(H,17,19). The van der Waals surface area contributed by atoms with Crippen molar-refractivity contribution in [3.05, 3.63) is 67.9 Å². The van der Waals surface area contributed by atoms with Gasteiger partial charge in [0.15, 0.2) is 0 Å². The van der Waals surface area contributed by atoms with Gasteiger partial charge in [0.2, 0.25) is 0 Å². The molecule has 0 aliphatic heterocycles. The average molecular weight is 326 g/mol. The van der Waals surface area contributed by atoms with E-state index in [2.05, 4.69) is 10.3 Å². The highest BCUT2D eigenvalue weighted by Crippen LogP contribution is 2.18. The lowest BCUT2D eigenvalue weighted by atomic mass is 10.2. The van der Waals surface area contributed by atoms with E-state index in [9.17, 15) is 14.9 Å². The first-order valence-electron chi connectivity index (χ1n) is 5.80. The fraction of sp³-hybridized carbons (Fsp3) is 0.0769. The minimum absolute atomic E-state index is 0.00552. The summed E-state index contributed by atoms with van der Waals surface area (Å²) in [6, 6.07) is 7.25. The highest BCUT2D eigenvalue weighted by molar-refractivity contribution is 6.35. The maximum absolute atomic E-state index is 12.0. The van der Waals surface area contributed by atoms with Crippen molar-refractivity contribution in [3.63, 3.8) is 0 Å². The summed E-state index contributed by atoms with van der Waals surface area (Å²) >= 11 is 11.6. The molecule has 1 amide bonds. The molecule has 6 nitrogen and oxygen atoms in total. The van der Waals surface area contributed by atoms with Crippen LogP contribution in [0.25, 0.3) is 0 Å². The van der Waals surface area contributed by atoms with Gasteiger partial charge >= 0.3 is 0 Å². The molecule has 0 aliphatic carbocycles. The number of nitro benzene ring substituents is 1. The molecule has 0 unspecified atom stereocenters. The summed E-state index contributed by atoms with van der Waals surface area (Å²) in [4.78, 5) is 25.8. The fourth-order valence-corrected chi connectivity index (χ4v) is 1.95. The molecular formula is C13H9Cl2N3O3. The van der Waals surface area contributed by atoms with Crippen molar-refractivity contribution in [2.24, 2.45) is 0 Å². The van der Waals surface area contributed by atoms with Crippen LogP contribution in [0.4, 0.5) is 5.69 Å². The van der Waals surface area contributed by atoms with E-state index < -0.39 is 10.8 Å². The topological polar surface area (TPSA) is 85.1 Å². The van der Waals surface area contributed by atoms with Gasteiger partial charge in [-0.3, -0.25) is 14.9 Å². The second kappa shape index (κ2) is 6.51. The third kappa shape index (κ3) is 3.90. The number of amides is 1. The van der Waals surface area contributed by atoms with Crippen LogP contribution in [0, 0.1) is 10.1 Å². The second-order valence-electron chi connectivity index (χ2n) is 4.09. The van der Waals surface area contributed by atoms with Crippen molar-refractivity contribution in [2.75, 3.05) is 0 Å². The van der Waals surface area contributed by atoms with E-state index >= 15 is 0 Å². The summed E-state index contributed by atoms with van der Waals surface area (Å²) in [6.45, 7) is 0.215. The third-order valence-electron chi connectivity index (χ3n) is 2.67. The Morgan fingerprint density at radius 3 is 2.57 bits per heavy atom. The summed E-state index contributed by atoms with van der Waals surface area (Å²) in [5.74, 6) is -0.400. The molecule has 1 N–H and O–H groups in total. The zero-order valence-electron chi connectivity index (χ0n) is 10.5. The summed E-state index contributed by atoms with van der Waals surface area (Å²) in [5.41, 5.74) is 0.942. The lowest BCUT2D eigenvalue weighted by Gasteiger charge is -2.07. The van der Waals surface area contributed by atoms with Crippen molar-refractivity contribution in [3.8, 4) is 0 Å². The predicted octanol–water partition coefficient (Wildman–Crippen LogP) is 3.23. The van der Waals surface area contributed by atoms with Crippen LogP contribution in [0.1, 0.15) is 15.9 Å². The van der Waals surface area contributed by atoms with Gasteiger partial charge in [-0.05, 0) is 11.6 Å². The van der Waals surface area contributed by atoms with Crippen molar-refractivity contribution < 1.29 is 9.72 Å². The smallest absolute Gasteiger partial charge is 0.269 e. The number of hydrogen-bond acceptors (Lipinski definition) is 4. The van der Waals surface area contributed by atoms with Crippen molar-refractivity contribution >= 4 is 34.8 Å². The summed E-state index contributed by atoms with van der Waals surface area (Å²) < 4.78 is 0. The molecule has 2 aromatic rings. The monoisotopic (exact) mass is 325 g/mol. The summed E-state index contributed by atoms with van der Waals surface area (Å²) in [6.07, 6.45) is 1.30. The fourth-order valence-electron chi connectivity index (χ4n) is 1.60. The van der Waals surface area contributed by atoms with Gasteiger partial charge in [-0.2, -0.15) is 0 Å². The molecule has 0 fully saturated rings. The van der Waals surface area contributed by atoms with Crippen molar-refractivity contribution in [1.29, 1.82) is 0 Å². The first kappa shape index (κ1) is 15.2. The number of pyridine rings is 1. The average Bonchev–Trinajstić information content (AvgIpc) is 2.47. The van der Waals surface area contributed by atoms with Crippen LogP contribution in [0.3, 0.4) is 0 Å². The number of benzene rings is 1. The Hall–Kier alpha value is -2.18. The lowest BCUT2D eigenvalue weighted by Crippen LogP contribution is -2.23. The minimum atomic E-state index is -0.485. The van der Waals surface area contributed by atoms with Gasteiger partial charge in [-0.15, -0.1) is 0 Å². The summed E-state index contributed by atoms with van der Waals surface area (Å²) in [5, 5.41) is 13.5. The Morgan fingerprint density at radius 1 is 1.29 bits per heavy atom. The quantitative estimate of drug-likeness (QED) is 0.531. The number of aromatic nitrogens is 1. The molecule has 0 aliphatic rings. The van der Waals surface area contributed by atoms with E-state index in [-0.39, 0.29) is 28.0 Å². The molecular weight excluding hydrogens is 317 g/mol. The second-order valence-corrected chi connectivity index (χ2v) is 4.89. The lowest BCUT2D eigenvalue weighted by molar-refractivity contribution is -0.384. The number of hydrogen-bond donors (Lipinski definition) is 1. The van der Waals surface area contributed by atoms with E-state index in [0.717, 1.165) is 5.56 Å². The largest absolute Gasteiger partial charge is 0.348 e. The van der Waals surface area contributed by atoms with Crippen molar-refractivity contribution in [2.45, 2.75) is 6.54 Å². The van der Waals surface area contributed by atoms with Crippen LogP contribution in [0.2, 0.25) is 10.2 Å². The normalized spacial score (nSPS) is 10.2. The third-order valence-corrected chi connectivity index (χ3v) is 3.17. The van der Waals surface area contributed by atoms with Gasteiger partial charge in [0.1, 0.15) is 5.15 Å². The number of non-ortho nitro benzene ring substituents is 1. The number of halogens is 2. The maximum atomic E-state index is 12.0. The molecule has 108 valence electrons. The molecule has 0 saturated heterocycles. The zero-order chi connectivity index (χ0) is 15.4. The van der Waals surface area contributed by atoms with Crippen LogP contribution in [-0.2, 0) is 6.54 Å². The van der Waals surface area contributed by atoms with Crippen LogP contribution < -0.4 is 5.32 Å². The molecule has 0 atom stereocenters. The molecule has 0 spiro atoms. The van der Waals surface area contributed by atoms with E-state index in [1.807, 2.05) is 0 Å². The van der Waals surface area contributed by atoms with Gasteiger partial charge < -0.3 is 5.32 Å². The van der Waals surface area contributed by atoms with E-state index in [1.165, 1.54) is 24.4 Å². The van der Waals surface area contributed by atoms with Crippen molar-refractivity contribution in [1.82, 2.24) is 10.3 Å². The number of rotatable bonds is 4. The molecule has 1 heterocycles. The van der Waals surface area contributed by atoms with Gasteiger partial charge in [0.05, 0.1) is 15.5 Å². The Balaban J connectivity index is 2.04. The number of nitro groups is 1. The van der Waals surface area contributed by atoms with Crippen LogP contribution in [0.15, 0.2) is 36.5 Å². The molecule has 0 bridgehead atoms. The SMILES string of the molecule is O=C(NCc1ccc([N+](=O)[O-])cc1)c1cc(Cl)ncc1Cl. The van der Waals surface area contributed by atoms with Crippen LogP contribution in [0.5, 0.6) is 0 Å².